The Balaban J connectivity index is 0.000000192. The average molecular weight is 733 g/mol. The van der Waals surface area contributed by atoms with Crippen LogP contribution in [0.2, 0.25) is 0 Å². The third-order valence-corrected chi connectivity index (χ3v) is 8.95. The summed E-state index contributed by atoms with van der Waals surface area (Å²) in [7, 11) is 0. The van der Waals surface area contributed by atoms with Crippen LogP contribution in [-0.4, -0.2) is 105 Å². The molecule has 4 aliphatic heterocycles. The number of rotatable bonds is 8. The van der Waals surface area contributed by atoms with Crippen LogP contribution in [0, 0.1) is 13.8 Å². The molecule has 0 N–H and O–H groups in total. The normalized spacial score (nSPS) is 26.6. The van der Waals surface area contributed by atoms with E-state index in [0.29, 0.717) is 22.4 Å². The molecule has 4 unspecified atom stereocenters. The molecule has 0 saturated carbocycles. The number of aryl methyl sites for hydroxylation is 2. The summed E-state index contributed by atoms with van der Waals surface area (Å²) in [5.74, 6) is -1.92. The highest BCUT2D eigenvalue weighted by molar-refractivity contribution is 5.92. The smallest absolute Gasteiger partial charge is 0.343 e. The number of esters is 5. The minimum atomic E-state index is -0.600. The van der Waals surface area contributed by atoms with Gasteiger partial charge < -0.3 is 42.6 Å². The molecule has 4 fully saturated rings. The Bertz CT molecular complexity index is 1790. The Labute approximate surface area is 305 Å². The molecular formula is C39H40O14. The van der Waals surface area contributed by atoms with Crippen molar-refractivity contribution in [3.63, 3.8) is 0 Å². The zero-order valence-electron chi connectivity index (χ0n) is 29.6. The summed E-state index contributed by atoms with van der Waals surface area (Å²) in [5, 5.41) is 0. The van der Waals surface area contributed by atoms with Gasteiger partial charge in [0.2, 0.25) is 0 Å². The summed E-state index contributed by atoms with van der Waals surface area (Å²) in [6.45, 7) is 7.40. The van der Waals surface area contributed by atoms with E-state index in [1.54, 1.807) is 24.3 Å². The highest BCUT2D eigenvalue weighted by Gasteiger charge is 2.52. The molecule has 4 aliphatic rings. The number of hydrogen-bond donors (Lipinski definition) is 0. The third-order valence-electron chi connectivity index (χ3n) is 8.95. The Hall–Kier alpha value is -5.15. The van der Waals surface area contributed by atoms with Gasteiger partial charge in [-0.15, -0.1) is 0 Å². The van der Waals surface area contributed by atoms with E-state index in [2.05, 4.69) is 0 Å². The highest BCUT2D eigenvalue weighted by Crippen LogP contribution is 2.32. The van der Waals surface area contributed by atoms with E-state index in [1.165, 1.54) is 38.1 Å². The summed E-state index contributed by atoms with van der Waals surface area (Å²) in [6, 6.07) is 20.3. The van der Waals surface area contributed by atoms with E-state index in [1.807, 2.05) is 38.1 Å². The quantitative estimate of drug-likeness (QED) is 0.187. The maximum atomic E-state index is 12.5. The van der Waals surface area contributed by atoms with Gasteiger partial charge in [-0.05, 0) is 62.4 Å². The lowest BCUT2D eigenvalue weighted by Gasteiger charge is -2.17. The second kappa shape index (κ2) is 16.7. The van der Waals surface area contributed by atoms with E-state index in [-0.39, 0.29) is 38.5 Å². The zero-order chi connectivity index (χ0) is 37.6. The van der Waals surface area contributed by atoms with Crippen molar-refractivity contribution in [2.24, 2.45) is 0 Å². The molecule has 4 heterocycles. The number of carbonyl (C=O) groups is 5. The summed E-state index contributed by atoms with van der Waals surface area (Å²) < 4.78 is 49.1. The van der Waals surface area contributed by atoms with E-state index in [9.17, 15) is 24.0 Å². The van der Waals surface area contributed by atoms with Crippen LogP contribution in [0.25, 0.3) is 0 Å². The fourth-order valence-corrected chi connectivity index (χ4v) is 6.30. The first-order valence-electron chi connectivity index (χ1n) is 17.1. The molecule has 0 bridgehead atoms. The molecule has 0 aromatic heterocycles. The van der Waals surface area contributed by atoms with Crippen molar-refractivity contribution < 1.29 is 66.6 Å². The average Bonchev–Trinajstić information content (AvgIpc) is 3.91. The number of ether oxygens (including phenoxy) is 9. The molecule has 0 spiro atoms. The van der Waals surface area contributed by atoms with Crippen molar-refractivity contribution in [3.05, 3.63) is 101 Å². The fraction of sp³-hybridized carbons (Fsp3) is 0.410. The third kappa shape index (κ3) is 9.27. The summed E-state index contributed by atoms with van der Waals surface area (Å²) in [6.07, 6.45) is -3.73. The van der Waals surface area contributed by atoms with Crippen molar-refractivity contribution in [1.29, 1.82) is 0 Å². The van der Waals surface area contributed by atoms with Crippen LogP contribution in [0.3, 0.4) is 0 Å². The molecule has 280 valence electrons. The first-order valence-corrected chi connectivity index (χ1v) is 17.1. The Kier molecular flexibility index (Phi) is 11.8. The Morgan fingerprint density at radius 1 is 0.453 bits per heavy atom. The molecule has 0 amide bonds. The van der Waals surface area contributed by atoms with Crippen molar-refractivity contribution in [2.45, 2.75) is 76.5 Å². The summed E-state index contributed by atoms with van der Waals surface area (Å²) >= 11 is 0. The van der Waals surface area contributed by atoms with Gasteiger partial charge in [0.1, 0.15) is 30.2 Å². The van der Waals surface area contributed by atoms with Crippen LogP contribution in [0.1, 0.15) is 56.0 Å². The first kappa shape index (κ1) is 37.6. The van der Waals surface area contributed by atoms with Crippen LogP contribution < -0.4 is 4.74 Å². The molecular weight excluding hydrogens is 692 g/mol. The standard InChI is InChI=1S/C23H22O8.C16H18O6/c1-13-3-5-15(6-4-13)22(25)30-17-9-7-16(8-10-17)23(26)31-19-12-28-20-18(29-14(2)24)11-27-21(19)20;1-9-3-5-11(6-4-9)16(18)22-13-8-20-14-12(21-10(2)17)7-19-15(13)14/h3-10,18-21H,11-12H2,1-2H3;3-6,12-15H,7-8H2,1-2H3/t18-,19-,20?,21?;12-,13-,14?,15?/m00/s1. The number of hydrogen-bond acceptors (Lipinski definition) is 14. The van der Waals surface area contributed by atoms with E-state index in [0.717, 1.165) is 11.1 Å². The van der Waals surface area contributed by atoms with Gasteiger partial charge in [-0.1, -0.05) is 35.4 Å². The van der Waals surface area contributed by atoms with E-state index >= 15 is 0 Å². The molecule has 3 aromatic rings. The van der Waals surface area contributed by atoms with E-state index in [4.69, 9.17) is 42.6 Å². The summed E-state index contributed by atoms with van der Waals surface area (Å²) in [4.78, 5) is 59.1. The molecule has 0 aliphatic carbocycles. The second-order valence-corrected chi connectivity index (χ2v) is 13.0. The first-order chi connectivity index (χ1) is 25.4. The van der Waals surface area contributed by atoms with Gasteiger partial charge in [-0.25, -0.2) is 14.4 Å². The molecule has 14 nitrogen and oxygen atoms in total. The molecule has 0 radical (unpaired) electrons. The Morgan fingerprint density at radius 3 is 1.09 bits per heavy atom. The Morgan fingerprint density at radius 2 is 0.755 bits per heavy atom. The van der Waals surface area contributed by atoms with Gasteiger partial charge in [-0.3, -0.25) is 9.59 Å². The fourth-order valence-electron chi connectivity index (χ4n) is 6.30. The lowest BCUT2D eigenvalue weighted by atomic mass is 10.1. The van der Waals surface area contributed by atoms with Crippen molar-refractivity contribution >= 4 is 29.8 Å². The van der Waals surface area contributed by atoms with Crippen LogP contribution >= 0.6 is 0 Å². The lowest BCUT2D eigenvalue weighted by Crippen LogP contribution is -2.35. The van der Waals surface area contributed by atoms with E-state index < -0.39 is 66.6 Å². The van der Waals surface area contributed by atoms with Crippen LogP contribution in [-0.2, 0) is 47.5 Å². The molecule has 53 heavy (non-hydrogen) atoms. The SMILES string of the molecule is CC(=O)O[C@H]1COC2C1OC[C@@H]2OC(=O)c1ccc(C)cc1.CC(=O)O[C@H]1COC2C1OC[C@@H]2OC(=O)c1ccc(OC(=O)c2ccc(C)cc2)cc1. The maximum Gasteiger partial charge on any atom is 0.343 e. The molecule has 7 rings (SSSR count). The van der Waals surface area contributed by atoms with Gasteiger partial charge in [0.15, 0.2) is 24.4 Å². The van der Waals surface area contributed by atoms with Crippen LogP contribution in [0.15, 0.2) is 72.8 Å². The van der Waals surface area contributed by atoms with Crippen molar-refractivity contribution in [1.82, 2.24) is 0 Å². The van der Waals surface area contributed by atoms with Gasteiger partial charge in [0.05, 0.1) is 43.1 Å². The topological polar surface area (TPSA) is 168 Å². The minimum Gasteiger partial charge on any atom is -0.457 e. The number of carbonyl (C=O) groups excluding carboxylic acids is 5. The van der Waals surface area contributed by atoms with Crippen molar-refractivity contribution in [3.8, 4) is 5.75 Å². The lowest BCUT2D eigenvalue weighted by molar-refractivity contribution is -0.151. The maximum absolute atomic E-state index is 12.5. The monoisotopic (exact) mass is 732 g/mol. The van der Waals surface area contributed by atoms with Crippen LogP contribution in [0.4, 0.5) is 0 Å². The predicted octanol–water partition coefficient (Wildman–Crippen LogP) is 3.72. The molecule has 4 saturated heterocycles. The highest BCUT2D eigenvalue weighted by atomic mass is 16.7. The van der Waals surface area contributed by atoms with Gasteiger partial charge >= 0.3 is 29.8 Å². The minimum absolute atomic E-state index is 0.158. The second-order valence-electron chi connectivity index (χ2n) is 13.0. The molecule has 3 aromatic carbocycles. The largest absolute Gasteiger partial charge is 0.457 e. The van der Waals surface area contributed by atoms with Gasteiger partial charge in [0, 0.05) is 13.8 Å². The summed E-state index contributed by atoms with van der Waals surface area (Å²) in [5.41, 5.74) is 3.35. The van der Waals surface area contributed by atoms with Crippen molar-refractivity contribution in [2.75, 3.05) is 26.4 Å². The molecule has 14 heteroatoms. The molecule has 8 atom stereocenters. The van der Waals surface area contributed by atoms with Gasteiger partial charge in [0.25, 0.3) is 0 Å². The van der Waals surface area contributed by atoms with Crippen LogP contribution in [0.5, 0.6) is 5.75 Å². The number of benzene rings is 3. The van der Waals surface area contributed by atoms with Gasteiger partial charge in [-0.2, -0.15) is 0 Å². The predicted molar refractivity (Wildman–Crippen MR) is 182 cm³/mol. The number of fused-ring (bicyclic) bond motifs is 2. The zero-order valence-corrected chi connectivity index (χ0v) is 29.6.